The molecule has 0 spiro atoms. The third-order valence-corrected chi connectivity index (χ3v) is 4.76. The minimum absolute atomic E-state index is 0.0499. The number of carbonyl (C=O) groups excluding carboxylic acids is 1. The van der Waals surface area contributed by atoms with Crippen LogP contribution in [-0.4, -0.2) is 39.9 Å². The van der Waals surface area contributed by atoms with Gasteiger partial charge in [-0.2, -0.15) is 0 Å². The molecular weight excluding hydrogens is 346 g/mol. The molecule has 1 atom stereocenters. The molecule has 0 saturated carbocycles. The number of benzene rings is 1. The molecule has 0 unspecified atom stereocenters. The first-order valence-corrected chi connectivity index (χ1v) is 9.15. The van der Waals surface area contributed by atoms with Gasteiger partial charge < -0.3 is 5.32 Å². The van der Waals surface area contributed by atoms with E-state index in [4.69, 9.17) is 0 Å². The van der Waals surface area contributed by atoms with Crippen LogP contribution in [0, 0.1) is 6.92 Å². The van der Waals surface area contributed by atoms with Crippen LogP contribution in [0.2, 0.25) is 0 Å². The van der Waals surface area contributed by atoms with E-state index in [1.807, 2.05) is 55.6 Å². The lowest BCUT2D eigenvalue weighted by molar-refractivity contribution is -0.126. The first-order valence-electron chi connectivity index (χ1n) is 8.27. The number of hydrogen-bond donors (Lipinski definition) is 1. The minimum Gasteiger partial charge on any atom is -0.349 e. The van der Waals surface area contributed by atoms with Gasteiger partial charge in [0.2, 0.25) is 5.91 Å². The fourth-order valence-corrected chi connectivity index (χ4v) is 3.46. The molecule has 1 amide bonds. The number of aromatic nitrogens is 3. The van der Waals surface area contributed by atoms with E-state index in [0.717, 1.165) is 21.8 Å². The van der Waals surface area contributed by atoms with Crippen molar-refractivity contribution >= 4 is 17.2 Å². The maximum absolute atomic E-state index is 12.7. The quantitative estimate of drug-likeness (QED) is 0.725. The molecule has 6 nitrogen and oxygen atoms in total. The smallest absolute Gasteiger partial charge is 0.242 e. The van der Waals surface area contributed by atoms with Crippen molar-refractivity contribution < 1.29 is 4.79 Å². The summed E-state index contributed by atoms with van der Waals surface area (Å²) < 4.78 is 0. The number of nitrogens with one attached hydrogen (secondary N) is 1. The fourth-order valence-electron chi connectivity index (χ4n) is 2.70. The summed E-state index contributed by atoms with van der Waals surface area (Å²) in [4.78, 5) is 27.6. The number of rotatable bonds is 6. The normalized spacial score (nSPS) is 12.2. The molecule has 0 radical (unpaired) electrons. The third kappa shape index (κ3) is 4.30. The Morgan fingerprint density at radius 1 is 1.23 bits per heavy atom. The summed E-state index contributed by atoms with van der Waals surface area (Å²) in [5, 5.41) is 5.65. The van der Waals surface area contributed by atoms with Crippen molar-refractivity contribution in [2.75, 3.05) is 14.1 Å². The molecule has 2 aromatic heterocycles. The van der Waals surface area contributed by atoms with E-state index in [1.54, 1.807) is 18.5 Å². The molecule has 3 aromatic rings. The number of amides is 1. The Morgan fingerprint density at radius 3 is 2.69 bits per heavy atom. The summed E-state index contributed by atoms with van der Waals surface area (Å²) in [7, 11) is 3.81. The monoisotopic (exact) mass is 367 g/mol. The highest BCUT2D eigenvalue weighted by Gasteiger charge is 2.23. The maximum Gasteiger partial charge on any atom is 0.242 e. The van der Waals surface area contributed by atoms with Gasteiger partial charge in [0.05, 0.1) is 12.2 Å². The maximum atomic E-state index is 12.7. The largest absolute Gasteiger partial charge is 0.349 e. The predicted molar refractivity (Wildman–Crippen MR) is 103 cm³/mol. The predicted octanol–water partition coefficient (Wildman–Crippen LogP) is 2.83. The topological polar surface area (TPSA) is 71.0 Å². The van der Waals surface area contributed by atoms with E-state index in [2.05, 4.69) is 20.3 Å². The zero-order chi connectivity index (χ0) is 18.5. The summed E-state index contributed by atoms with van der Waals surface area (Å²) in [6.07, 6.45) is 3.38. The molecule has 26 heavy (non-hydrogen) atoms. The second kappa shape index (κ2) is 8.16. The van der Waals surface area contributed by atoms with E-state index in [0.29, 0.717) is 12.4 Å². The number of carbonyl (C=O) groups is 1. The number of thiazole rings is 1. The number of aryl methyl sites for hydroxylation is 1. The summed E-state index contributed by atoms with van der Waals surface area (Å²) in [6.45, 7) is 2.40. The second-order valence-corrected chi connectivity index (χ2v) is 7.07. The first-order chi connectivity index (χ1) is 12.5. The van der Waals surface area contributed by atoms with Crippen molar-refractivity contribution in [1.82, 2.24) is 25.2 Å². The second-order valence-electron chi connectivity index (χ2n) is 6.21. The average Bonchev–Trinajstić information content (AvgIpc) is 3.10. The summed E-state index contributed by atoms with van der Waals surface area (Å²) in [5.74, 6) is 0.548. The van der Waals surface area contributed by atoms with Crippen LogP contribution in [0.4, 0.5) is 0 Å². The van der Waals surface area contributed by atoms with Gasteiger partial charge in [-0.15, -0.1) is 11.3 Å². The van der Waals surface area contributed by atoms with Gasteiger partial charge in [0, 0.05) is 17.8 Å². The standard InChI is InChI=1S/C19H21N5OS/c1-13-6-4-7-14(10-13)16(24(2)3)18(25)22-11-15-12-26-19(23-15)17-20-8-5-9-21-17/h4-10,12,16H,11H2,1-3H3,(H,22,25)/t16-/m1/s1. The van der Waals surface area contributed by atoms with Crippen LogP contribution in [0.5, 0.6) is 0 Å². The van der Waals surface area contributed by atoms with Crippen molar-refractivity contribution in [2.24, 2.45) is 0 Å². The Balaban J connectivity index is 1.68. The molecule has 1 N–H and O–H groups in total. The lowest BCUT2D eigenvalue weighted by atomic mass is 10.0. The first kappa shape index (κ1) is 18.2. The van der Waals surface area contributed by atoms with Crippen molar-refractivity contribution in [3.63, 3.8) is 0 Å². The molecule has 0 bridgehead atoms. The van der Waals surface area contributed by atoms with Gasteiger partial charge in [0.25, 0.3) is 0 Å². The average molecular weight is 367 g/mol. The summed E-state index contributed by atoms with van der Waals surface area (Å²) >= 11 is 1.47. The SMILES string of the molecule is Cc1cccc([C@H](C(=O)NCc2csc(-c3ncccn3)n2)N(C)C)c1. The number of hydrogen-bond acceptors (Lipinski definition) is 6. The van der Waals surface area contributed by atoms with E-state index in [1.165, 1.54) is 11.3 Å². The van der Waals surface area contributed by atoms with Crippen molar-refractivity contribution in [3.8, 4) is 10.8 Å². The Labute approximate surface area is 157 Å². The highest BCUT2D eigenvalue weighted by atomic mass is 32.1. The van der Waals surface area contributed by atoms with Crippen LogP contribution < -0.4 is 5.32 Å². The molecule has 0 aliphatic rings. The van der Waals surface area contributed by atoms with Gasteiger partial charge in [-0.25, -0.2) is 15.0 Å². The molecule has 1 aromatic carbocycles. The van der Waals surface area contributed by atoms with E-state index >= 15 is 0 Å². The molecule has 134 valence electrons. The molecule has 0 fully saturated rings. The van der Waals surface area contributed by atoms with Crippen LogP contribution >= 0.6 is 11.3 Å². The van der Waals surface area contributed by atoms with Gasteiger partial charge in [0.1, 0.15) is 6.04 Å². The van der Waals surface area contributed by atoms with Crippen LogP contribution in [0.3, 0.4) is 0 Å². The molecule has 0 aliphatic heterocycles. The number of nitrogens with zero attached hydrogens (tertiary/aromatic N) is 4. The lowest BCUT2D eigenvalue weighted by Gasteiger charge is -2.24. The third-order valence-electron chi connectivity index (χ3n) is 3.88. The molecule has 0 aliphatic carbocycles. The van der Waals surface area contributed by atoms with Gasteiger partial charge in [-0.3, -0.25) is 9.69 Å². The number of likely N-dealkylation sites (N-methyl/N-ethyl adjacent to an activating group) is 1. The Bertz CT molecular complexity index is 878. The van der Waals surface area contributed by atoms with Crippen molar-refractivity contribution in [2.45, 2.75) is 19.5 Å². The summed E-state index contributed by atoms with van der Waals surface area (Å²) in [6, 6.07) is 9.44. The van der Waals surface area contributed by atoms with E-state index < -0.39 is 0 Å². The minimum atomic E-state index is -0.342. The lowest BCUT2D eigenvalue weighted by Crippen LogP contribution is -2.36. The van der Waals surface area contributed by atoms with Gasteiger partial charge in [-0.05, 0) is 32.6 Å². The highest BCUT2D eigenvalue weighted by molar-refractivity contribution is 7.13. The molecule has 0 saturated heterocycles. The van der Waals surface area contributed by atoms with Crippen LogP contribution in [0.1, 0.15) is 22.9 Å². The fraction of sp³-hybridized carbons (Fsp3) is 0.263. The highest BCUT2D eigenvalue weighted by Crippen LogP contribution is 2.21. The molecule has 7 heteroatoms. The Kier molecular flexibility index (Phi) is 5.70. The van der Waals surface area contributed by atoms with Crippen LogP contribution in [0.15, 0.2) is 48.1 Å². The zero-order valence-electron chi connectivity index (χ0n) is 15.0. The van der Waals surface area contributed by atoms with Gasteiger partial charge in [0.15, 0.2) is 10.8 Å². The molecular formula is C19H21N5OS. The van der Waals surface area contributed by atoms with E-state index in [9.17, 15) is 4.79 Å². The van der Waals surface area contributed by atoms with Crippen molar-refractivity contribution in [1.29, 1.82) is 0 Å². The van der Waals surface area contributed by atoms with Crippen LogP contribution in [0.25, 0.3) is 10.8 Å². The Morgan fingerprint density at radius 2 is 2.00 bits per heavy atom. The van der Waals surface area contributed by atoms with Crippen molar-refractivity contribution in [3.05, 3.63) is 64.9 Å². The zero-order valence-corrected chi connectivity index (χ0v) is 15.8. The van der Waals surface area contributed by atoms with Crippen LogP contribution in [-0.2, 0) is 11.3 Å². The van der Waals surface area contributed by atoms with Gasteiger partial charge >= 0.3 is 0 Å². The molecule has 3 rings (SSSR count). The summed E-state index contributed by atoms with van der Waals surface area (Å²) in [5.41, 5.74) is 2.91. The van der Waals surface area contributed by atoms with E-state index in [-0.39, 0.29) is 11.9 Å². The molecule has 2 heterocycles. The Hall–Kier alpha value is -2.64. The van der Waals surface area contributed by atoms with Gasteiger partial charge in [-0.1, -0.05) is 29.8 Å².